The van der Waals surface area contributed by atoms with Crippen molar-refractivity contribution in [2.24, 2.45) is 0 Å². The first-order valence-electron chi connectivity index (χ1n) is 7.49. The van der Waals surface area contributed by atoms with Crippen LogP contribution >= 0.6 is 11.6 Å². The second kappa shape index (κ2) is 7.57. The summed E-state index contributed by atoms with van der Waals surface area (Å²) in [6.45, 7) is 5.03. The first-order chi connectivity index (χ1) is 10.2. The molecule has 0 bridgehead atoms. The van der Waals surface area contributed by atoms with Crippen LogP contribution in [0.2, 0.25) is 5.02 Å². The molecule has 0 saturated carbocycles. The average Bonchev–Trinajstić information content (AvgIpc) is 2.83. The lowest BCUT2D eigenvalue weighted by atomic mass is 10.0. The molecule has 0 aliphatic heterocycles. The van der Waals surface area contributed by atoms with E-state index in [4.69, 9.17) is 11.6 Å². The van der Waals surface area contributed by atoms with Crippen molar-refractivity contribution < 1.29 is 0 Å². The van der Waals surface area contributed by atoms with Gasteiger partial charge in [0.15, 0.2) is 0 Å². The minimum absolute atomic E-state index is 0.318. The fourth-order valence-corrected chi connectivity index (χ4v) is 2.87. The molecule has 0 spiro atoms. The molecule has 2 aromatic heterocycles. The number of likely N-dealkylation sites (N-methyl/N-ethyl adjacent to an activating group) is 1. The number of nitrogens with one attached hydrogen (secondary N) is 1. The molecule has 0 aromatic carbocycles. The lowest BCUT2D eigenvalue weighted by Gasteiger charge is -2.17. The quantitative estimate of drug-likeness (QED) is 0.855. The van der Waals surface area contributed by atoms with Crippen LogP contribution in [-0.4, -0.2) is 27.9 Å². The Hall–Kier alpha value is -1.39. The number of aryl methyl sites for hydroxylation is 2. The molecular formula is C16H23ClN4. The summed E-state index contributed by atoms with van der Waals surface area (Å²) in [6.07, 6.45) is 6.38. The third-order valence-corrected chi connectivity index (χ3v) is 4.18. The van der Waals surface area contributed by atoms with Crippen LogP contribution in [0.1, 0.15) is 30.8 Å². The lowest BCUT2D eigenvalue weighted by molar-refractivity contribution is 0.519. The predicted molar refractivity (Wildman–Crippen MR) is 86.8 cm³/mol. The number of rotatable bonds is 7. The van der Waals surface area contributed by atoms with E-state index in [1.54, 1.807) is 6.20 Å². The van der Waals surface area contributed by atoms with Crippen LogP contribution in [0, 0.1) is 0 Å². The summed E-state index contributed by atoms with van der Waals surface area (Å²) in [4.78, 5) is 4.18. The zero-order valence-corrected chi connectivity index (χ0v) is 13.7. The topological polar surface area (TPSA) is 42.7 Å². The first-order valence-corrected chi connectivity index (χ1v) is 7.87. The van der Waals surface area contributed by atoms with Crippen molar-refractivity contribution in [2.75, 3.05) is 7.05 Å². The molecule has 2 aromatic rings. The van der Waals surface area contributed by atoms with Crippen LogP contribution in [-0.2, 0) is 25.8 Å². The summed E-state index contributed by atoms with van der Waals surface area (Å²) in [6, 6.07) is 4.40. The van der Waals surface area contributed by atoms with Crippen LogP contribution in [0.25, 0.3) is 0 Å². The monoisotopic (exact) mass is 306 g/mol. The summed E-state index contributed by atoms with van der Waals surface area (Å²) < 4.78 is 2.02. The summed E-state index contributed by atoms with van der Waals surface area (Å²) in [5, 5.41) is 8.79. The first kappa shape index (κ1) is 16.0. The number of hydrogen-bond acceptors (Lipinski definition) is 3. The molecule has 114 valence electrons. The highest BCUT2D eigenvalue weighted by Crippen LogP contribution is 2.23. The Kier molecular flexibility index (Phi) is 5.76. The Morgan fingerprint density at radius 1 is 1.33 bits per heavy atom. The van der Waals surface area contributed by atoms with Gasteiger partial charge in [0, 0.05) is 31.4 Å². The van der Waals surface area contributed by atoms with Crippen molar-refractivity contribution in [3.05, 3.63) is 46.5 Å². The van der Waals surface area contributed by atoms with E-state index in [0.717, 1.165) is 42.2 Å². The molecule has 4 nitrogen and oxygen atoms in total. The maximum Gasteiger partial charge on any atom is 0.0850 e. The molecule has 21 heavy (non-hydrogen) atoms. The van der Waals surface area contributed by atoms with E-state index in [1.165, 1.54) is 5.56 Å². The van der Waals surface area contributed by atoms with Gasteiger partial charge in [0.2, 0.25) is 0 Å². The number of nitrogens with zero attached hydrogens (tertiary/aromatic N) is 3. The van der Waals surface area contributed by atoms with Crippen molar-refractivity contribution in [3.63, 3.8) is 0 Å². The normalized spacial score (nSPS) is 12.6. The Morgan fingerprint density at radius 3 is 2.71 bits per heavy atom. The second-order valence-corrected chi connectivity index (χ2v) is 5.51. The second-order valence-electron chi connectivity index (χ2n) is 5.13. The molecule has 5 heteroatoms. The van der Waals surface area contributed by atoms with Crippen LogP contribution in [0.4, 0.5) is 0 Å². The molecule has 0 saturated heterocycles. The van der Waals surface area contributed by atoms with Gasteiger partial charge >= 0.3 is 0 Å². The summed E-state index contributed by atoms with van der Waals surface area (Å²) >= 11 is 6.49. The largest absolute Gasteiger partial charge is 0.316 e. The highest BCUT2D eigenvalue weighted by Gasteiger charge is 2.18. The van der Waals surface area contributed by atoms with Crippen molar-refractivity contribution >= 4 is 11.6 Å². The van der Waals surface area contributed by atoms with Gasteiger partial charge in [0.25, 0.3) is 0 Å². The van der Waals surface area contributed by atoms with Gasteiger partial charge in [0.1, 0.15) is 0 Å². The fourth-order valence-electron chi connectivity index (χ4n) is 2.53. The Labute approximate surface area is 131 Å². The molecule has 2 heterocycles. The molecule has 0 fully saturated rings. The Morgan fingerprint density at radius 2 is 2.14 bits per heavy atom. The Balaban J connectivity index is 2.16. The third kappa shape index (κ3) is 3.83. The van der Waals surface area contributed by atoms with Gasteiger partial charge in [-0.05, 0) is 38.4 Å². The summed E-state index contributed by atoms with van der Waals surface area (Å²) in [7, 11) is 1.99. The summed E-state index contributed by atoms with van der Waals surface area (Å²) in [5.41, 5.74) is 3.34. The van der Waals surface area contributed by atoms with E-state index in [1.807, 2.05) is 24.0 Å². The minimum atomic E-state index is 0.318. The number of aromatic nitrogens is 3. The van der Waals surface area contributed by atoms with Crippen LogP contribution in [0.3, 0.4) is 0 Å². The van der Waals surface area contributed by atoms with Gasteiger partial charge in [0.05, 0.1) is 16.4 Å². The van der Waals surface area contributed by atoms with E-state index < -0.39 is 0 Å². The van der Waals surface area contributed by atoms with E-state index in [9.17, 15) is 0 Å². The number of halogens is 1. The van der Waals surface area contributed by atoms with Crippen LogP contribution in [0.5, 0.6) is 0 Å². The molecule has 0 aliphatic carbocycles. The third-order valence-electron chi connectivity index (χ3n) is 3.75. The lowest BCUT2D eigenvalue weighted by Crippen LogP contribution is -2.31. The molecule has 0 amide bonds. The standard InChI is InChI=1S/C16H23ClN4/c1-4-14-16(17)15(21(5-2)20-14)10-13(18-3)9-12-7-6-8-19-11-12/h6-8,11,13,18H,4-5,9-10H2,1-3H3. The predicted octanol–water partition coefficient (Wildman–Crippen LogP) is 2.89. The van der Waals surface area contributed by atoms with E-state index in [-0.39, 0.29) is 0 Å². The van der Waals surface area contributed by atoms with Crippen molar-refractivity contribution in [2.45, 2.75) is 45.7 Å². The smallest absolute Gasteiger partial charge is 0.0850 e. The van der Waals surface area contributed by atoms with Gasteiger partial charge < -0.3 is 5.32 Å². The van der Waals surface area contributed by atoms with Gasteiger partial charge in [-0.1, -0.05) is 24.6 Å². The molecule has 1 unspecified atom stereocenters. The summed E-state index contributed by atoms with van der Waals surface area (Å²) in [5.74, 6) is 0. The van der Waals surface area contributed by atoms with Crippen LogP contribution in [0.15, 0.2) is 24.5 Å². The van der Waals surface area contributed by atoms with Crippen molar-refractivity contribution in [3.8, 4) is 0 Å². The molecule has 0 radical (unpaired) electrons. The van der Waals surface area contributed by atoms with E-state index in [0.29, 0.717) is 6.04 Å². The van der Waals surface area contributed by atoms with Crippen molar-refractivity contribution in [1.82, 2.24) is 20.1 Å². The van der Waals surface area contributed by atoms with Crippen molar-refractivity contribution in [1.29, 1.82) is 0 Å². The van der Waals surface area contributed by atoms with Gasteiger partial charge in [-0.3, -0.25) is 9.67 Å². The van der Waals surface area contributed by atoms with E-state index in [2.05, 4.69) is 35.3 Å². The van der Waals surface area contributed by atoms with Gasteiger partial charge in [-0.25, -0.2) is 0 Å². The zero-order valence-electron chi connectivity index (χ0n) is 12.9. The number of pyridine rings is 1. The van der Waals surface area contributed by atoms with E-state index >= 15 is 0 Å². The number of hydrogen-bond donors (Lipinski definition) is 1. The Bertz CT molecular complexity index is 565. The highest BCUT2D eigenvalue weighted by molar-refractivity contribution is 6.31. The molecule has 2 rings (SSSR count). The average molecular weight is 307 g/mol. The molecule has 1 N–H and O–H groups in total. The zero-order chi connectivity index (χ0) is 15.2. The maximum absolute atomic E-state index is 6.49. The van der Waals surface area contributed by atoms with Gasteiger partial charge in [-0.15, -0.1) is 0 Å². The fraction of sp³-hybridized carbons (Fsp3) is 0.500. The maximum atomic E-state index is 6.49. The molecule has 1 atom stereocenters. The van der Waals surface area contributed by atoms with Gasteiger partial charge in [-0.2, -0.15) is 5.10 Å². The molecule has 0 aliphatic rings. The minimum Gasteiger partial charge on any atom is -0.316 e. The SMILES string of the molecule is CCc1nn(CC)c(CC(Cc2cccnc2)NC)c1Cl. The highest BCUT2D eigenvalue weighted by atomic mass is 35.5. The molecular weight excluding hydrogens is 284 g/mol. The van der Waals surface area contributed by atoms with Crippen LogP contribution < -0.4 is 5.32 Å².